The van der Waals surface area contributed by atoms with Gasteiger partial charge in [0, 0.05) is 31.0 Å². The van der Waals surface area contributed by atoms with Gasteiger partial charge in [0.25, 0.3) is 0 Å². The van der Waals surface area contributed by atoms with E-state index in [1.165, 1.54) is 30.5 Å². The molecule has 1 saturated heterocycles. The number of carbonyl (C=O) groups is 2. The maximum Gasteiger partial charge on any atom is 0.313 e. The van der Waals surface area contributed by atoms with Crippen LogP contribution >= 0.6 is 0 Å². The van der Waals surface area contributed by atoms with Gasteiger partial charge in [0.05, 0.1) is 0 Å². The van der Waals surface area contributed by atoms with Crippen LogP contribution in [0.2, 0.25) is 0 Å². The number of nitrogens with zero attached hydrogens (tertiary/aromatic N) is 1. The van der Waals surface area contributed by atoms with Crippen molar-refractivity contribution in [1.29, 1.82) is 0 Å². The minimum Gasteiger partial charge on any atom is -0.372 e. The number of piperidine rings is 1. The number of hydrogen-bond acceptors (Lipinski definition) is 3. The van der Waals surface area contributed by atoms with E-state index in [9.17, 15) is 9.59 Å². The topological polar surface area (TPSA) is 61.4 Å². The van der Waals surface area contributed by atoms with E-state index in [0.29, 0.717) is 12.2 Å². The zero-order valence-corrected chi connectivity index (χ0v) is 17.2. The Balaban J connectivity index is 1.39. The Morgan fingerprint density at radius 2 is 1.66 bits per heavy atom. The maximum atomic E-state index is 12.1. The van der Waals surface area contributed by atoms with Gasteiger partial charge in [-0.3, -0.25) is 9.59 Å². The quantitative estimate of drug-likeness (QED) is 0.553. The number of hydrogen-bond donors (Lipinski definition) is 2. The number of aryl methyl sites for hydroxylation is 2. The van der Waals surface area contributed by atoms with Gasteiger partial charge in [0.2, 0.25) is 0 Å². The number of nitrogens with one attached hydrogen (secondary N) is 2. The fraction of sp³-hybridized carbons (Fsp3) is 0.417. The summed E-state index contributed by atoms with van der Waals surface area (Å²) in [5.74, 6) is -1.20. The molecule has 2 aromatic carbocycles. The molecule has 0 radical (unpaired) electrons. The van der Waals surface area contributed by atoms with Gasteiger partial charge in [-0.1, -0.05) is 37.3 Å². The van der Waals surface area contributed by atoms with Gasteiger partial charge in [0.15, 0.2) is 0 Å². The van der Waals surface area contributed by atoms with Crippen LogP contribution in [0.15, 0.2) is 48.5 Å². The summed E-state index contributed by atoms with van der Waals surface area (Å²) in [4.78, 5) is 26.6. The van der Waals surface area contributed by atoms with Crippen LogP contribution in [0.3, 0.4) is 0 Å². The highest BCUT2D eigenvalue weighted by molar-refractivity contribution is 6.39. The van der Waals surface area contributed by atoms with E-state index < -0.39 is 11.8 Å². The Labute approximate surface area is 173 Å². The molecule has 2 N–H and O–H groups in total. The molecule has 5 heteroatoms. The average molecular weight is 394 g/mol. The van der Waals surface area contributed by atoms with Crippen molar-refractivity contribution in [2.45, 2.75) is 45.4 Å². The second kappa shape index (κ2) is 10.6. The molecule has 154 valence electrons. The van der Waals surface area contributed by atoms with Gasteiger partial charge in [-0.2, -0.15) is 0 Å². The highest BCUT2D eigenvalue weighted by atomic mass is 16.2. The highest BCUT2D eigenvalue weighted by Crippen LogP contribution is 2.20. The lowest BCUT2D eigenvalue weighted by Crippen LogP contribution is -2.36. The second-order valence-electron chi connectivity index (χ2n) is 7.54. The monoisotopic (exact) mass is 393 g/mol. The molecule has 0 aromatic heterocycles. The predicted octanol–water partition coefficient (Wildman–Crippen LogP) is 3.93. The van der Waals surface area contributed by atoms with Crippen LogP contribution in [0.4, 0.5) is 11.4 Å². The van der Waals surface area contributed by atoms with Crippen LogP contribution in [-0.2, 0) is 22.4 Å². The standard InChI is InChI=1S/C24H31N3O2/c1-2-20-10-4-5-11-22(20)26-24(29)23(28)25-16-8-9-19-12-14-21(15-13-19)27-17-6-3-7-18-27/h4-5,10-15H,2-3,6-9,16-18H2,1H3,(H,25,28)(H,26,29). The molecule has 0 atom stereocenters. The van der Waals surface area contributed by atoms with Crippen LogP contribution in [-0.4, -0.2) is 31.4 Å². The Bertz CT molecular complexity index is 811. The average Bonchev–Trinajstić information content (AvgIpc) is 2.78. The summed E-state index contributed by atoms with van der Waals surface area (Å²) in [5.41, 5.74) is 4.26. The lowest BCUT2D eigenvalue weighted by Gasteiger charge is -2.28. The first kappa shape index (κ1) is 20.9. The molecule has 2 amide bonds. The zero-order valence-electron chi connectivity index (χ0n) is 17.2. The molecule has 0 saturated carbocycles. The Morgan fingerprint density at radius 1 is 0.931 bits per heavy atom. The molecular weight excluding hydrogens is 362 g/mol. The molecule has 1 heterocycles. The summed E-state index contributed by atoms with van der Waals surface area (Å²) >= 11 is 0. The minimum atomic E-state index is -0.614. The van der Waals surface area contributed by atoms with Crippen molar-refractivity contribution in [1.82, 2.24) is 5.32 Å². The predicted molar refractivity (Wildman–Crippen MR) is 118 cm³/mol. The van der Waals surface area contributed by atoms with E-state index in [1.807, 2.05) is 31.2 Å². The van der Waals surface area contributed by atoms with Crippen LogP contribution in [0.1, 0.15) is 43.7 Å². The van der Waals surface area contributed by atoms with Crippen molar-refractivity contribution in [3.05, 3.63) is 59.7 Å². The third-order valence-corrected chi connectivity index (χ3v) is 5.44. The van der Waals surface area contributed by atoms with Crippen molar-refractivity contribution < 1.29 is 9.59 Å². The third-order valence-electron chi connectivity index (χ3n) is 5.44. The SMILES string of the molecule is CCc1ccccc1NC(=O)C(=O)NCCCc1ccc(N2CCCCC2)cc1. The fourth-order valence-electron chi connectivity index (χ4n) is 3.73. The largest absolute Gasteiger partial charge is 0.372 e. The number of carbonyl (C=O) groups excluding carboxylic acids is 2. The zero-order chi connectivity index (χ0) is 20.5. The number of para-hydroxylation sites is 1. The molecule has 2 aromatic rings. The van der Waals surface area contributed by atoms with Gasteiger partial charge in [-0.25, -0.2) is 0 Å². The van der Waals surface area contributed by atoms with Gasteiger partial charge >= 0.3 is 11.8 Å². The summed E-state index contributed by atoms with van der Waals surface area (Å²) in [5, 5.41) is 5.42. The molecule has 0 bridgehead atoms. The number of benzene rings is 2. The van der Waals surface area contributed by atoms with E-state index in [-0.39, 0.29) is 0 Å². The van der Waals surface area contributed by atoms with Crippen LogP contribution in [0, 0.1) is 0 Å². The summed E-state index contributed by atoms with van der Waals surface area (Å²) in [6.45, 7) is 4.80. The molecule has 0 unspecified atom stereocenters. The highest BCUT2D eigenvalue weighted by Gasteiger charge is 2.14. The van der Waals surface area contributed by atoms with Gasteiger partial charge < -0.3 is 15.5 Å². The first-order chi connectivity index (χ1) is 14.2. The second-order valence-corrected chi connectivity index (χ2v) is 7.54. The Hall–Kier alpha value is -2.82. The van der Waals surface area contributed by atoms with Crippen molar-refractivity contribution >= 4 is 23.2 Å². The first-order valence-electron chi connectivity index (χ1n) is 10.7. The van der Waals surface area contributed by atoms with Crippen molar-refractivity contribution in [3.8, 4) is 0 Å². The van der Waals surface area contributed by atoms with E-state index >= 15 is 0 Å². The molecule has 1 aliphatic heterocycles. The van der Waals surface area contributed by atoms with Crippen LogP contribution in [0.5, 0.6) is 0 Å². The first-order valence-corrected chi connectivity index (χ1v) is 10.7. The minimum absolute atomic E-state index is 0.482. The molecule has 1 fully saturated rings. The van der Waals surface area contributed by atoms with Gasteiger partial charge in [0.1, 0.15) is 0 Å². The smallest absolute Gasteiger partial charge is 0.313 e. The number of rotatable bonds is 7. The number of anilines is 2. The molecule has 0 aliphatic carbocycles. The van der Waals surface area contributed by atoms with Crippen LogP contribution in [0.25, 0.3) is 0 Å². The van der Waals surface area contributed by atoms with Crippen molar-refractivity contribution in [3.63, 3.8) is 0 Å². The van der Waals surface area contributed by atoms with Crippen molar-refractivity contribution in [2.75, 3.05) is 29.9 Å². The Kier molecular flexibility index (Phi) is 7.68. The molecule has 0 spiro atoms. The third kappa shape index (κ3) is 6.08. The van der Waals surface area contributed by atoms with E-state index in [0.717, 1.165) is 37.9 Å². The fourth-order valence-corrected chi connectivity index (χ4v) is 3.73. The van der Waals surface area contributed by atoms with E-state index in [1.54, 1.807) is 0 Å². The number of amides is 2. The van der Waals surface area contributed by atoms with E-state index in [4.69, 9.17) is 0 Å². The van der Waals surface area contributed by atoms with E-state index in [2.05, 4.69) is 39.8 Å². The normalized spacial score (nSPS) is 13.8. The summed E-state index contributed by atoms with van der Waals surface area (Å²) in [7, 11) is 0. The summed E-state index contributed by atoms with van der Waals surface area (Å²) in [6.07, 6.45) is 6.37. The molecular formula is C24H31N3O2. The molecule has 29 heavy (non-hydrogen) atoms. The molecule has 3 rings (SSSR count). The lowest BCUT2D eigenvalue weighted by molar-refractivity contribution is -0.136. The van der Waals surface area contributed by atoms with Gasteiger partial charge in [-0.15, -0.1) is 0 Å². The van der Waals surface area contributed by atoms with Gasteiger partial charge in [-0.05, 0) is 67.9 Å². The summed E-state index contributed by atoms with van der Waals surface area (Å²) in [6, 6.07) is 16.3. The lowest BCUT2D eigenvalue weighted by atomic mass is 10.1. The Morgan fingerprint density at radius 3 is 2.38 bits per heavy atom. The summed E-state index contributed by atoms with van der Waals surface area (Å²) < 4.78 is 0. The maximum absolute atomic E-state index is 12.1. The molecule has 1 aliphatic rings. The van der Waals surface area contributed by atoms with Crippen LogP contribution < -0.4 is 15.5 Å². The molecule has 5 nitrogen and oxygen atoms in total. The van der Waals surface area contributed by atoms with Crippen molar-refractivity contribution in [2.24, 2.45) is 0 Å².